The maximum atomic E-state index is 13.1. The molecule has 186 valence electrons. The van der Waals surface area contributed by atoms with E-state index in [-0.39, 0.29) is 25.1 Å². The SMILES string of the molecule is CCC(CC)(CC1OC(n2ccc3c(N)ncnc32)[C@H](O)[C@@H]1O)OP(=O)(O)C(O)(CC)CC. The molecule has 0 amide bonds. The summed E-state index contributed by atoms with van der Waals surface area (Å²) in [6.07, 6.45) is -0.637. The first-order valence-electron chi connectivity index (χ1n) is 11.3. The monoisotopic (exact) mass is 486 g/mol. The molecule has 0 spiro atoms. The molecule has 33 heavy (non-hydrogen) atoms. The van der Waals surface area contributed by atoms with Crippen molar-refractivity contribution in [1.82, 2.24) is 14.5 Å². The van der Waals surface area contributed by atoms with Crippen LogP contribution in [0.15, 0.2) is 18.6 Å². The van der Waals surface area contributed by atoms with Gasteiger partial charge in [0.15, 0.2) is 11.6 Å². The van der Waals surface area contributed by atoms with Gasteiger partial charge < -0.3 is 35.3 Å². The predicted molar refractivity (Wildman–Crippen MR) is 122 cm³/mol. The van der Waals surface area contributed by atoms with Crippen LogP contribution in [0.5, 0.6) is 0 Å². The van der Waals surface area contributed by atoms with E-state index in [1.807, 2.05) is 0 Å². The quantitative estimate of drug-likeness (QED) is 0.314. The summed E-state index contributed by atoms with van der Waals surface area (Å²) in [5.41, 5.74) is 5.18. The van der Waals surface area contributed by atoms with Crippen LogP contribution in [0.2, 0.25) is 0 Å². The third-order valence-electron chi connectivity index (χ3n) is 6.99. The second kappa shape index (κ2) is 9.58. The summed E-state index contributed by atoms with van der Waals surface area (Å²) in [5, 5.41) is 30.9. The Balaban J connectivity index is 1.87. The summed E-state index contributed by atoms with van der Waals surface area (Å²) in [6, 6.07) is 1.70. The number of aliphatic hydroxyl groups is 3. The lowest BCUT2D eigenvalue weighted by Crippen LogP contribution is -2.42. The average molecular weight is 487 g/mol. The molecule has 3 rings (SSSR count). The van der Waals surface area contributed by atoms with E-state index in [0.29, 0.717) is 23.9 Å². The Morgan fingerprint density at radius 2 is 1.79 bits per heavy atom. The summed E-state index contributed by atoms with van der Waals surface area (Å²) in [5.74, 6) is 0.283. The predicted octanol–water partition coefficient (Wildman–Crippen LogP) is 2.29. The van der Waals surface area contributed by atoms with E-state index in [1.54, 1.807) is 44.5 Å². The van der Waals surface area contributed by atoms with Crippen molar-refractivity contribution in [2.45, 2.75) is 95.3 Å². The highest BCUT2D eigenvalue weighted by Gasteiger charge is 2.52. The fourth-order valence-electron chi connectivity index (χ4n) is 4.39. The molecule has 3 heterocycles. The van der Waals surface area contributed by atoms with Gasteiger partial charge in [-0.15, -0.1) is 0 Å². The molecule has 1 saturated heterocycles. The van der Waals surface area contributed by atoms with E-state index in [2.05, 4.69) is 9.97 Å². The zero-order valence-electron chi connectivity index (χ0n) is 19.5. The molecule has 0 aromatic carbocycles. The van der Waals surface area contributed by atoms with Crippen LogP contribution in [-0.2, 0) is 13.8 Å². The number of aromatic nitrogens is 3. The molecular formula is C21H35N4O7P. The molecule has 2 aromatic rings. The van der Waals surface area contributed by atoms with Crippen molar-refractivity contribution in [3.8, 4) is 0 Å². The second-order valence-electron chi connectivity index (χ2n) is 8.66. The maximum absolute atomic E-state index is 13.1. The summed E-state index contributed by atoms with van der Waals surface area (Å²) >= 11 is 0. The van der Waals surface area contributed by atoms with Crippen molar-refractivity contribution in [3.05, 3.63) is 18.6 Å². The van der Waals surface area contributed by atoms with Gasteiger partial charge in [-0.1, -0.05) is 27.7 Å². The number of hydrogen-bond donors (Lipinski definition) is 5. The van der Waals surface area contributed by atoms with Crippen LogP contribution in [0.1, 0.15) is 66.0 Å². The fraction of sp³-hybridized carbons (Fsp3) is 0.714. The standard InChI is InChI=1S/C21H35N4O7P/c1-5-20(6-2,32-33(29,30)21(28,7-3)8-4)11-14-15(26)16(27)19(31-14)25-10-9-13-17(22)23-12-24-18(13)25/h9-10,12,14-16,19,26-28H,5-8,11H2,1-4H3,(H,29,30)(H2,22,23,24)/t14?,15-,16-,19?/m1/s1. The van der Waals surface area contributed by atoms with E-state index >= 15 is 0 Å². The van der Waals surface area contributed by atoms with Crippen molar-refractivity contribution in [2.24, 2.45) is 0 Å². The molecule has 0 radical (unpaired) electrons. The summed E-state index contributed by atoms with van der Waals surface area (Å²) in [4.78, 5) is 18.8. The first-order valence-corrected chi connectivity index (χ1v) is 12.9. The minimum Gasteiger partial charge on any atom is -0.388 e. The highest BCUT2D eigenvalue weighted by atomic mass is 31.2. The minimum absolute atomic E-state index is 0.0408. The number of fused-ring (bicyclic) bond motifs is 1. The second-order valence-corrected chi connectivity index (χ2v) is 10.7. The third-order valence-corrected chi connectivity index (χ3v) is 9.31. The van der Waals surface area contributed by atoms with E-state index < -0.39 is 43.1 Å². The van der Waals surface area contributed by atoms with Crippen molar-refractivity contribution < 1.29 is 34.0 Å². The average Bonchev–Trinajstić information content (AvgIpc) is 3.35. The smallest absolute Gasteiger partial charge is 0.359 e. The van der Waals surface area contributed by atoms with E-state index in [1.165, 1.54) is 6.33 Å². The highest BCUT2D eigenvalue weighted by Crippen LogP contribution is 2.61. The Hall–Kier alpha value is -1.59. The Labute approximate surface area is 193 Å². The molecule has 12 heteroatoms. The van der Waals surface area contributed by atoms with Crippen LogP contribution < -0.4 is 5.73 Å². The van der Waals surface area contributed by atoms with Gasteiger partial charge in [0, 0.05) is 12.6 Å². The first kappa shape index (κ1) is 26.0. The number of aliphatic hydroxyl groups excluding tert-OH is 2. The Morgan fingerprint density at radius 1 is 1.15 bits per heavy atom. The number of nitrogens with zero attached hydrogens (tertiary/aromatic N) is 3. The molecule has 5 atom stereocenters. The molecule has 1 fully saturated rings. The molecule has 0 saturated carbocycles. The van der Waals surface area contributed by atoms with Gasteiger partial charge in [-0.25, -0.2) is 9.97 Å². The van der Waals surface area contributed by atoms with Crippen molar-refractivity contribution in [3.63, 3.8) is 0 Å². The van der Waals surface area contributed by atoms with Crippen LogP contribution in [0, 0.1) is 0 Å². The third kappa shape index (κ3) is 4.55. The number of anilines is 1. The summed E-state index contributed by atoms with van der Waals surface area (Å²) < 4.78 is 26.5. The van der Waals surface area contributed by atoms with Crippen LogP contribution >= 0.6 is 7.60 Å². The van der Waals surface area contributed by atoms with Crippen molar-refractivity contribution in [1.29, 1.82) is 0 Å². The molecule has 0 bridgehead atoms. The topological polar surface area (TPSA) is 173 Å². The Bertz CT molecular complexity index is 1010. The van der Waals surface area contributed by atoms with Gasteiger partial charge >= 0.3 is 7.60 Å². The van der Waals surface area contributed by atoms with Crippen molar-refractivity contribution >= 4 is 24.4 Å². The highest BCUT2D eigenvalue weighted by molar-refractivity contribution is 7.54. The van der Waals surface area contributed by atoms with E-state index in [0.717, 1.165) is 0 Å². The number of nitrogens with two attached hydrogens (primary N) is 1. The zero-order chi connectivity index (χ0) is 24.6. The molecular weight excluding hydrogens is 451 g/mol. The molecule has 6 N–H and O–H groups in total. The van der Waals surface area contributed by atoms with Crippen LogP contribution in [-0.4, -0.2) is 64.0 Å². The molecule has 11 nitrogen and oxygen atoms in total. The zero-order valence-corrected chi connectivity index (χ0v) is 20.4. The van der Waals surface area contributed by atoms with Crippen molar-refractivity contribution in [2.75, 3.05) is 5.73 Å². The van der Waals surface area contributed by atoms with Gasteiger partial charge in [0.2, 0.25) is 0 Å². The fourth-order valence-corrected chi connectivity index (χ4v) is 6.22. The van der Waals surface area contributed by atoms with Gasteiger partial charge in [-0.2, -0.15) is 0 Å². The lowest BCUT2D eigenvalue weighted by molar-refractivity contribution is -0.0760. The summed E-state index contributed by atoms with van der Waals surface area (Å²) in [6.45, 7) is 6.85. The molecule has 3 unspecified atom stereocenters. The van der Waals surface area contributed by atoms with Gasteiger partial charge in [0.25, 0.3) is 0 Å². The lowest BCUT2D eigenvalue weighted by atomic mass is 9.88. The van der Waals surface area contributed by atoms with Gasteiger partial charge in [-0.3, -0.25) is 9.09 Å². The van der Waals surface area contributed by atoms with Gasteiger partial charge in [0.1, 0.15) is 30.0 Å². The molecule has 0 aliphatic carbocycles. The van der Waals surface area contributed by atoms with Gasteiger partial charge in [0.05, 0.1) is 17.1 Å². The number of rotatable bonds is 10. The van der Waals surface area contributed by atoms with E-state index in [4.69, 9.17) is 15.0 Å². The van der Waals surface area contributed by atoms with Gasteiger partial charge in [-0.05, 0) is 31.7 Å². The van der Waals surface area contributed by atoms with Crippen LogP contribution in [0.25, 0.3) is 11.0 Å². The van der Waals surface area contributed by atoms with Crippen LogP contribution in [0.4, 0.5) is 5.82 Å². The molecule has 2 aromatic heterocycles. The summed E-state index contributed by atoms with van der Waals surface area (Å²) in [7, 11) is -4.44. The molecule has 1 aliphatic rings. The molecule has 1 aliphatic heterocycles. The largest absolute Gasteiger partial charge is 0.388 e. The number of nitrogen functional groups attached to an aromatic ring is 1. The Morgan fingerprint density at radius 3 is 2.36 bits per heavy atom. The maximum Gasteiger partial charge on any atom is 0.359 e. The first-order chi connectivity index (χ1) is 15.5. The van der Waals surface area contributed by atoms with Crippen LogP contribution in [0.3, 0.4) is 0 Å². The number of hydrogen-bond acceptors (Lipinski definition) is 9. The normalized spacial score (nSPS) is 26.1. The minimum atomic E-state index is -4.44. The Kier molecular flexibility index (Phi) is 7.55. The number of ether oxygens (including phenoxy) is 1. The lowest BCUT2D eigenvalue weighted by Gasteiger charge is -2.40. The van der Waals surface area contributed by atoms with E-state index in [9.17, 15) is 24.8 Å².